The Kier molecular flexibility index (Phi) is 7.22. The molecule has 8 nitrogen and oxygen atoms in total. The fraction of sp³-hybridized carbons (Fsp3) is 0.174. The molecule has 3 aromatic rings. The number of carbonyl (C=O) groups excluding carboxylic acids is 2. The lowest BCUT2D eigenvalue weighted by molar-refractivity contribution is 0.0767. The molecule has 0 unspecified atom stereocenters. The lowest BCUT2D eigenvalue weighted by Crippen LogP contribution is -2.31. The van der Waals surface area contributed by atoms with Crippen molar-refractivity contribution in [2.75, 3.05) is 23.7 Å². The van der Waals surface area contributed by atoms with Crippen LogP contribution in [0.3, 0.4) is 0 Å². The average molecular weight is 435 g/mol. The van der Waals surface area contributed by atoms with Crippen molar-refractivity contribution >= 4 is 34.6 Å². The first-order valence-corrected chi connectivity index (χ1v) is 10.0. The topological polar surface area (TPSA) is 104 Å². The van der Waals surface area contributed by atoms with Crippen LogP contribution in [-0.2, 0) is 0 Å². The van der Waals surface area contributed by atoms with Crippen LogP contribution in [0.5, 0.6) is 0 Å². The van der Waals surface area contributed by atoms with E-state index in [0.29, 0.717) is 35.8 Å². The number of nitrogens with one attached hydrogen (secondary N) is 2. The van der Waals surface area contributed by atoms with Crippen LogP contribution in [0, 0.1) is 10.7 Å². The van der Waals surface area contributed by atoms with Gasteiger partial charge in [0.05, 0.1) is 17.6 Å². The number of hydrogen-bond donors (Lipinski definition) is 2. The van der Waals surface area contributed by atoms with Gasteiger partial charge in [0.15, 0.2) is 0 Å². The highest BCUT2D eigenvalue weighted by Gasteiger charge is 2.15. The normalized spacial score (nSPS) is 10.3. The number of rotatable bonds is 8. The molecule has 0 bridgehead atoms. The third-order valence-corrected chi connectivity index (χ3v) is 4.77. The molecule has 2 aromatic carbocycles. The third kappa shape index (κ3) is 5.31. The molecule has 0 spiro atoms. The molecule has 164 valence electrons. The lowest BCUT2D eigenvalue weighted by atomic mass is 10.1. The largest absolute Gasteiger partial charge is 0.354 e. The van der Waals surface area contributed by atoms with Gasteiger partial charge in [-0.3, -0.25) is 9.59 Å². The summed E-state index contributed by atoms with van der Waals surface area (Å²) in [5, 5.41) is 8.62. The van der Waals surface area contributed by atoms with Crippen molar-refractivity contribution in [3.05, 3.63) is 82.8 Å². The maximum atomic E-state index is 13.1. The van der Waals surface area contributed by atoms with E-state index < -0.39 is 11.7 Å². The zero-order valence-corrected chi connectivity index (χ0v) is 17.6. The molecule has 0 fully saturated rings. The summed E-state index contributed by atoms with van der Waals surface area (Å²) in [4.78, 5) is 42.0. The van der Waals surface area contributed by atoms with Crippen LogP contribution in [0.15, 0.2) is 66.0 Å². The number of carbonyl (C=O) groups is 2. The maximum absolute atomic E-state index is 13.1. The zero-order chi connectivity index (χ0) is 23.1. The van der Waals surface area contributed by atoms with E-state index in [0.717, 1.165) is 0 Å². The van der Waals surface area contributed by atoms with E-state index in [1.165, 1.54) is 48.7 Å². The molecule has 2 amide bonds. The Bertz CT molecular complexity index is 1110. The fourth-order valence-electron chi connectivity index (χ4n) is 3.02. The minimum atomic E-state index is -0.436. The third-order valence-electron chi connectivity index (χ3n) is 4.77. The van der Waals surface area contributed by atoms with Crippen molar-refractivity contribution in [3.63, 3.8) is 0 Å². The second-order valence-corrected chi connectivity index (χ2v) is 6.82. The Morgan fingerprint density at radius 2 is 1.69 bits per heavy atom. The summed E-state index contributed by atoms with van der Waals surface area (Å²) in [6, 6.07) is 13.1. The molecule has 0 atom stereocenters. The van der Waals surface area contributed by atoms with Crippen LogP contribution in [0.2, 0.25) is 0 Å². The van der Waals surface area contributed by atoms with Gasteiger partial charge < -0.3 is 15.5 Å². The summed E-state index contributed by atoms with van der Waals surface area (Å²) < 4.78 is 13.1. The van der Waals surface area contributed by atoms with Gasteiger partial charge in [0.25, 0.3) is 11.8 Å². The molecule has 0 aliphatic heterocycles. The van der Waals surface area contributed by atoms with E-state index in [2.05, 4.69) is 20.8 Å². The average Bonchev–Trinajstić information content (AvgIpc) is 2.81. The van der Waals surface area contributed by atoms with Crippen LogP contribution in [0.1, 0.15) is 34.7 Å². The number of nitrogens with zero attached hydrogens (tertiary/aromatic N) is 3. The van der Waals surface area contributed by atoms with E-state index in [-0.39, 0.29) is 17.2 Å². The molecule has 32 heavy (non-hydrogen) atoms. The van der Waals surface area contributed by atoms with Crippen LogP contribution >= 0.6 is 0 Å². The summed E-state index contributed by atoms with van der Waals surface area (Å²) in [6.45, 7) is 4.94. The first-order valence-electron chi connectivity index (χ1n) is 10.0. The molecule has 0 aliphatic rings. The number of hydrogen-bond acceptors (Lipinski definition) is 6. The van der Waals surface area contributed by atoms with Crippen molar-refractivity contribution in [1.82, 2.24) is 9.88 Å². The second-order valence-electron chi connectivity index (χ2n) is 6.82. The van der Waals surface area contributed by atoms with Crippen molar-refractivity contribution < 1.29 is 14.0 Å². The number of nitroso groups, excluding NO2 is 1. The monoisotopic (exact) mass is 435 g/mol. The maximum Gasteiger partial charge on any atom is 0.272 e. The highest BCUT2D eigenvalue weighted by atomic mass is 19.1. The Hall–Kier alpha value is -4.14. The molecule has 2 N–H and O–H groups in total. The highest BCUT2D eigenvalue weighted by molar-refractivity contribution is 6.05. The number of pyridine rings is 1. The van der Waals surface area contributed by atoms with Gasteiger partial charge in [0, 0.05) is 24.3 Å². The lowest BCUT2D eigenvalue weighted by Gasteiger charge is -2.18. The molecule has 1 heterocycles. The van der Waals surface area contributed by atoms with Crippen LogP contribution in [-0.4, -0.2) is 34.8 Å². The number of anilines is 3. The van der Waals surface area contributed by atoms with E-state index in [1.807, 2.05) is 13.8 Å². The Morgan fingerprint density at radius 1 is 1.00 bits per heavy atom. The summed E-state index contributed by atoms with van der Waals surface area (Å²) in [6.07, 6.45) is 1.41. The summed E-state index contributed by atoms with van der Waals surface area (Å²) in [5.41, 5.74) is 1.91. The van der Waals surface area contributed by atoms with Gasteiger partial charge in [0.1, 0.15) is 17.2 Å². The SMILES string of the molecule is CCN(CC)C(=O)c1ccc(NC(=O)c2ccc(N=O)c(Nc3ccc(F)cc3)c2)cn1. The molecule has 9 heteroatoms. The fourth-order valence-corrected chi connectivity index (χ4v) is 3.02. The van der Waals surface area contributed by atoms with Gasteiger partial charge >= 0.3 is 0 Å². The molecule has 0 radical (unpaired) electrons. The van der Waals surface area contributed by atoms with Crippen molar-refractivity contribution in [2.24, 2.45) is 5.18 Å². The van der Waals surface area contributed by atoms with Gasteiger partial charge in [-0.1, -0.05) is 0 Å². The zero-order valence-electron chi connectivity index (χ0n) is 17.6. The van der Waals surface area contributed by atoms with Gasteiger partial charge in [-0.25, -0.2) is 9.37 Å². The van der Waals surface area contributed by atoms with E-state index in [9.17, 15) is 18.9 Å². The molecule has 3 rings (SSSR count). The van der Waals surface area contributed by atoms with Crippen molar-refractivity contribution in [2.45, 2.75) is 13.8 Å². The van der Waals surface area contributed by atoms with Crippen molar-refractivity contribution in [1.29, 1.82) is 0 Å². The smallest absolute Gasteiger partial charge is 0.272 e. The van der Waals surface area contributed by atoms with Crippen LogP contribution < -0.4 is 10.6 Å². The molecule has 0 saturated heterocycles. The number of aromatic nitrogens is 1. The summed E-state index contributed by atoms with van der Waals surface area (Å²) in [5.74, 6) is -1.01. The predicted octanol–water partition coefficient (Wildman–Crippen LogP) is 5.10. The first kappa shape index (κ1) is 22.5. The van der Waals surface area contributed by atoms with Gasteiger partial charge in [0.2, 0.25) is 0 Å². The van der Waals surface area contributed by atoms with Gasteiger partial charge in [-0.2, -0.15) is 0 Å². The Labute approximate surface area is 184 Å². The number of amides is 2. The Balaban J connectivity index is 1.75. The number of halogens is 1. The molecular formula is C23H22FN5O3. The molecular weight excluding hydrogens is 413 g/mol. The quantitative estimate of drug-likeness (QED) is 0.479. The van der Waals surface area contributed by atoms with Crippen LogP contribution in [0.4, 0.5) is 27.1 Å². The van der Waals surface area contributed by atoms with E-state index in [4.69, 9.17) is 0 Å². The predicted molar refractivity (Wildman–Crippen MR) is 121 cm³/mol. The molecule has 0 aliphatic carbocycles. The van der Waals surface area contributed by atoms with E-state index >= 15 is 0 Å². The number of benzene rings is 2. The van der Waals surface area contributed by atoms with E-state index in [1.54, 1.807) is 17.0 Å². The van der Waals surface area contributed by atoms with Crippen molar-refractivity contribution in [3.8, 4) is 0 Å². The molecule has 0 saturated carbocycles. The Morgan fingerprint density at radius 3 is 2.28 bits per heavy atom. The molecule has 1 aromatic heterocycles. The summed E-state index contributed by atoms with van der Waals surface area (Å²) in [7, 11) is 0. The van der Waals surface area contributed by atoms with Gasteiger partial charge in [-0.05, 0) is 73.6 Å². The first-order chi connectivity index (χ1) is 15.4. The standard InChI is InChI=1S/C23H22FN5O3/c1-3-29(4-2)23(31)20-12-10-18(14-25-20)27-22(30)15-5-11-19(28-32)21(13-15)26-17-8-6-16(24)7-9-17/h5-14,26H,3-4H2,1-2H3,(H,27,30). The minimum absolute atomic E-state index is 0.104. The van der Waals surface area contributed by atoms with Crippen LogP contribution in [0.25, 0.3) is 0 Å². The second kappa shape index (κ2) is 10.3. The summed E-state index contributed by atoms with van der Waals surface area (Å²) >= 11 is 0. The minimum Gasteiger partial charge on any atom is -0.354 e. The van der Waals surface area contributed by atoms with Gasteiger partial charge in [-0.15, -0.1) is 4.91 Å². The highest BCUT2D eigenvalue weighted by Crippen LogP contribution is 2.29.